The van der Waals surface area contributed by atoms with Gasteiger partial charge in [0.2, 0.25) is 0 Å². The van der Waals surface area contributed by atoms with Gasteiger partial charge in [-0.15, -0.1) is 0 Å². The third kappa shape index (κ3) is 5.21. The number of carbonyl (C=O) groups excluding carboxylic acids is 1. The predicted octanol–water partition coefficient (Wildman–Crippen LogP) is 5.22. The van der Waals surface area contributed by atoms with Crippen LogP contribution in [0.15, 0.2) is 40.0 Å². The average Bonchev–Trinajstić information content (AvgIpc) is 3.03. The molecule has 1 aromatic heterocycles. The summed E-state index contributed by atoms with van der Waals surface area (Å²) in [5, 5.41) is 9.82. The zero-order valence-electron chi connectivity index (χ0n) is 20.2. The van der Waals surface area contributed by atoms with E-state index in [1.54, 1.807) is 9.47 Å². The zero-order chi connectivity index (χ0) is 24.9. The van der Waals surface area contributed by atoms with Crippen molar-refractivity contribution in [3.8, 4) is 6.07 Å². The van der Waals surface area contributed by atoms with Crippen LogP contribution in [0.4, 0.5) is 5.82 Å². The van der Waals surface area contributed by atoms with Gasteiger partial charge in [-0.3, -0.25) is 19.1 Å². The molecule has 0 aliphatic carbocycles. The molecular formula is C27H30N4O2S2. The molecule has 6 nitrogen and oxygen atoms in total. The van der Waals surface area contributed by atoms with E-state index >= 15 is 0 Å². The fourth-order valence-electron chi connectivity index (χ4n) is 4.73. The van der Waals surface area contributed by atoms with Crippen LogP contribution < -0.4 is 10.5 Å². The summed E-state index contributed by atoms with van der Waals surface area (Å²) in [5.74, 6) is 0.681. The summed E-state index contributed by atoms with van der Waals surface area (Å²) >= 11 is 6.85. The summed E-state index contributed by atoms with van der Waals surface area (Å²) in [5.41, 5.74) is 2.30. The molecule has 0 atom stereocenters. The standard InChI is InChI=1S/C27H30N4O2S2/c1-3-13-30-24(29-14-9-4-5-10-15-29)21(19(2)22(17-28)25(30)32)16-23-26(33)31(27(34)35-23)18-20-11-7-6-8-12-20/h6-8,11-12,16H,3-5,9-10,13-15,18H2,1-2H3/b23-16-. The summed E-state index contributed by atoms with van der Waals surface area (Å²) in [4.78, 5) is 31.1. The highest BCUT2D eigenvalue weighted by atomic mass is 32.2. The van der Waals surface area contributed by atoms with Gasteiger partial charge in [0.15, 0.2) is 0 Å². The molecule has 2 fully saturated rings. The molecule has 0 spiro atoms. The first-order valence-corrected chi connectivity index (χ1v) is 13.4. The number of thioether (sulfide) groups is 1. The highest BCUT2D eigenvalue weighted by Crippen LogP contribution is 2.37. The molecule has 4 rings (SSSR count). The lowest BCUT2D eigenvalue weighted by atomic mass is 10.0. The Labute approximate surface area is 216 Å². The van der Waals surface area contributed by atoms with E-state index in [9.17, 15) is 14.9 Å². The maximum atomic E-state index is 13.4. The van der Waals surface area contributed by atoms with Gasteiger partial charge in [-0.05, 0) is 43.4 Å². The number of amides is 1. The van der Waals surface area contributed by atoms with E-state index in [0.717, 1.165) is 62.1 Å². The molecule has 0 saturated carbocycles. The number of aromatic nitrogens is 1. The Balaban J connectivity index is 1.83. The van der Waals surface area contributed by atoms with E-state index in [2.05, 4.69) is 11.0 Å². The molecule has 0 radical (unpaired) electrons. The molecule has 35 heavy (non-hydrogen) atoms. The van der Waals surface area contributed by atoms with Gasteiger partial charge < -0.3 is 4.90 Å². The van der Waals surface area contributed by atoms with Crippen molar-refractivity contribution in [2.45, 2.75) is 59.0 Å². The first-order valence-electron chi connectivity index (χ1n) is 12.2. The van der Waals surface area contributed by atoms with Gasteiger partial charge in [-0.1, -0.05) is 74.1 Å². The maximum absolute atomic E-state index is 13.4. The Morgan fingerprint density at radius 3 is 2.43 bits per heavy atom. The predicted molar refractivity (Wildman–Crippen MR) is 146 cm³/mol. The number of hydrogen-bond acceptors (Lipinski definition) is 6. The number of nitriles is 1. The van der Waals surface area contributed by atoms with Crippen LogP contribution in [0, 0.1) is 18.3 Å². The average molecular weight is 507 g/mol. The summed E-state index contributed by atoms with van der Waals surface area (Å²) < 4.78 is 2.26. The van der Waals surface area contributed by atoms with Crippen LogP contribution in [0.2, 0.25) is 0 Å². The van der Waals surface area contributed by atoms with Crippen LogP contribution in [0.25, 0.3) is 6.08 Å². The number of nitrogens with zero attached hydrogens (tertiary/aromatic N) is 4. The lowest BCUT2D eigenvalue weighted by molar-refractivity contribution is -0.122. The second-order valence-electron chi connectivity index (χ2n) is 8.96. The van der Waals surface area contributed by atoms with Crippen LogP contribution in [0.1, 0.15) is 61.3 Å². The number of anilines is 1. The van der Waals surface area contributed by atoms with E-state index in [4.69, 9.17) is 12.2 Å². The third-order valence-electron chi connectivity index (χ3n) is 6.53. The Kier molecular flexibility index (Phi) is 8.09. The smallest absolute Gasteiger partial charge is 0.270 e. The van der Waals surface area contributed by atoms with Crippen molar-refractivity contribution in [3.05, 3.63) is 67.8 Å². The molecule has 2 aliphatic rings. The number of benzene rings is 1. The van der Waals surface area contributed by atoms with Crippen LogP contribution >= 0.6 is 24.0 Å². The highest BCUT2D eigenvalue weighted by Gasteiger charge is 2.33. The van der Waals surface area contributed by atoms with E-state index in [0.29, 0.717) is 27.9 Å². The zero-order valence-corrected chi connectivity index (χ0v) is 21.9. The molecule has 0 unspecified atom stereocenters. The summed E-state index contributed by atoms with van der Waals surface area (Å²) in [6, 6.07) is 11.9. The fourth-order valence-corrected chi connectivity index (χ4v) is 5.97. The topological polar surface area (TPSA) is 69.3 Å². The number of carbonyl (C=O) groups is 1. The van der Waals surface area contributed by atoms with E-state index in [1.165, 1.54) is 11.8 Å². The van der Waals surface area contributed by atoms with Crippen molar-refractivity contribution in [2.24, 2.45) is 0 Å². The minimum atomic E-state index is -0.250. The molecule has 1 amide bonds. The normalized spacial score (nSPS) is 17.7. The van der Waals surface area contributed by atoms with Crippen LogP contribution in [0.5, 0.6) is 0 Å². The van der Waals surface area contributed by atoms with Crippen molar-refractivity contribution in [1.29, 1.82) is 5.26 Å². The van der Waals surface area contributed by atoms with Gasteiger partial charge in [0, 0.05) is 25.2 Å². The van der Waals surface area contributed by atoms with Crippen LogP contribution in [-0.2, 0) is 17.9 Å². The molecule has 182 valence electrons. The Morgan fingerprint density at radius 1 is 1.11 bits per heavy atom. The molecular weight excluding hydrogens is 476 g/mol. The fraction of sp³-hybridized carbons (Fsp3) is 0.407. The number of pyridine rings is 1. The minimum absolute atomic E-state index is 0.142. The summed E-state index contributed by atoms with van der Waals surface area (Å²) in [6.07, 6.45) is 7.06. The van der Waals surface area contributed by atoms with Gasteiger partial charge in [0.05, 0.1) is 11.4 Å². The summed E-state index contributed by atoms with van der Waals surface area (Å²) in [6.45, 7) is 6.48. The lowest BCUT2D eigenvalue weighted by Crippen LogP contribution is -2.35. The Morgan fingerprint density at radius 2 is 1.80 bits per heavy atom. The Bertz CT molecular complexity index is 1250. The molecule has 1 aromatic carbocycles. The maximum Gasteiger partial charge on any atom is 0.270 e. The van der Waals surface area contributed by atoms with E-state index in [1.807, 2.05) is 50.3 Å². The van der Waals surface area contributed by atoms with E-state index in [-0.39, 0.29) is 17.0 Å². The SMILES string of the molecule is CCCn1c(N2CCCCCC2)c(/C=C2\SC(=S)N(Cc3ccccc3)C2=O)c(C)c(C#N)c1=O. The molecule has 2 aromatic rings. The number of rotatable bonds is 6. The van der Waals surface area contributed by atoms with Gasteiger partial charge in [-0.25, -0.2) is 0 Å². The number of hydrogen-bond donors (Lipinski definition) is 0. The number of thiocarbonyl (C=S) groups is 1. The monoisotopic (exact) mass is 506 g/mol. The first kappa shape index (κ1) is 25.2. The molecule has 3 heterocycles. The van der Waals surface area contributed by atoms with Crippen molar-refractivity contribution in [3.63, 3.8) is 0 Å². The minimum Gasteiger partial charge on any atom is -0.357 e. The molecule has 2 saturated heterocycles. The van der Waals surface area contributed by atoms with Gasteiger partial charge in [-0.2, -0.15) is 5.26 Å². The van der Waals surface area contributed by atoms with Gasteiger partial charge in [0.25, 0.3) is 11.5 Å². The van der Waals surface area contributed by atoms with Crippen molar-refractivity contribution in [1.82, 2.24) is 9.47 Å². The van der Waals surface area contributed by atoms with Crippen molar-refractivity contribution in [2.75, 3.05) is 18.0 Å². The highest BCUT2D eigenvalue weighted by molar-refractivity contribution is 8.26. The van der Waals surface area contributed by atoms with Crippen molar-refractivity contribution < 1.29 is 4.79 Å². The van der Waals surface area contributed by atoms with Crippen LogP contribution in [-0.4, -0.2) is 32.8 Å². The third-order valence-corrected chi connectivity index (χ3v) is 7.91. The van der Waals surface area contributed by atoms with Gasteiger partial charge in [0.1, 0.15) is 21.8 Å². The molecule has 2 aliphatic heterocycles. The molecule has 0 N–H and O–H groups in total. The first-order chi connectivity index (χ1) is 17.0. The second kappa shape index (κ2) is 11.2. The van der Waals surface area contributed by atoms with Gasteiger partial charge >= 0.3 is 0 Å². The van der Waals surface area contributed by atoms with Crippen molar-refractivity contribution >= 4 is 46.1 Å². The second-order valence-corrected chi connectivity index (χ2v) is 10.6. The summed E-state index contributed by atoms with van der Waals surface area (Å²) in [7, 11) is 0. The van der Waals surface area contributed by atoms with E-state index < -0.39 is 0 Å². The Hall–Kier alpha value is -2.89. The quantitative estimate of drug-likeness (QED) is 0.395. The largest absolute Gasteiger partial charge is 0.357 e. The van der Waals surface area contributed by atoms with Crippen LogP contribution in [0.3, 0.4) is 0 Å². The lowest BCUT2D eigenvalue weighted by Gasteiger charge is -2.29. The molecule has 0 bridgehead atoms. The molecule has 8 heteroatoms.